The van der Waals surface area contributed by atoms with E-state index in [0.717, 1.165) is 13.0 Å². The predicted molar refractivity (Wildman–Crippen MR) is 41.2 cm³/mol. The molecule has 0 aromatic heterocycles. The molecule has 0 fully saturated rings. The molecule has 1 nitrogen and oxygen atoms in total. The van der Waals surface area contributed by atoms with Crippen molar-refractivity contribution in [2.75, 3.05) is 6.54 Å². The van der Waals surface area contributed by atoms with Crippen LogP contribution >= 0.6 is 0 Å². The topological polar surface area (TPSA) is 12.0 Å². The highest BCUT2D eigenvalue weighted by atomic mass is 14.9. The van der Waals surface area contributed by atoms with E-state index in [2.05, 4.69) is 25.1 Å². The van der Waals surface area contributed by atoms with Crippen LogP contribution < -0.4 is 5.32 Å². The van der Waals surface area contributed by atoms with Gasteiger partial charge in [-0.1, -0.05) is 6.92 Å². The minimum atomic E-state index is 0.481. The van der Waals surface area contributed by atoms with Crippen LogP contribution in [-0.2, 0) is 0 Å². The van der Waals surface area contributed by atoms with Crippen molar-refractivity contribution in [1.29, 1.82) is 0 Å². The van der Waals surface area contributed by atoms with Crippen LogP contribution in [0.15, 0.2) is 0 Å². The molecular formula is C8H15N. The van der Waals surface area contributed by atoms with Gasteiger partial charge in [0.05, 0.1) is 0 Å². The van der Waals surface area contributed by atoms with Gasteiger partial charge in [0, 0.05) is 12.5 Å². The molecule has 1 N–H and O–H groups in total. The average molecular weight is 125 g/mol. The molecule has 0 aliphatic heterocycles. The van der Waals surface area contributed by atoms with Gasteiger partial charge in [-0.05, 0) is 19.9 Å². The second kappa shape index (κ2) is 5.65. The molecule has 0 heterocycles. The summed E-state index contributed by atoms with van der Waals surface area (Å²) in [5.41, 5.74) is 0. The molecule has 0 radical (unpaired) electrons. The third-order valence-electron chi connectivity index (χ3n) is 1.17. The lowest BCUT2D eigenvalue weighted by atomic mass is 10.2. The van der Waals surface area contributed by atoms with E-state index in [9.17, 15) is 0 Å². The SMILES string of the molecule is C#CCC(C)NCCC. The van der Waals surface area contributed by atoms with Crippen LogP contribution in [0.4, 0.5) is 0 Å². The van der Waals surface area contributed by atoms with Crippen molar-refractivity contribution in [1.82, 2.24) is 5.32 Å². The molecule has 1 unspecified atom stereocenters. The minimum Gasteiger partial charge on any atom is -0.313 e. The lowest BCUT2D eigenvalue weighted by Crippen LogP contribution is -2.25. The van der Waals surface area contributed by atoms with Crippen molar-refractivity contribution in [3.63, 3.8) is 0 Å². The summed E-state index contributed by atoms with van der Waals surface area (Å²) in [5, 5.41) is 3.29. The van der Waals surface area contributed by atoms with Gasteiger partial charge in [0.15, 0.2) is 0 Å². The summed E-state index contributed by atoms with van der Waals surface area (Å²) in [4.78, 5) is 0. The number of nitrogens with one attached hydrogen (secondary N) is 1. The van der Waals surface area contributed by atoms with E-state index in [1.54, 1.807) is 0 Å². The molecule has 9 heavy (non-hydrogen) atoms. The van der Waals surface area contributed by atoms with Crippen molar-refractivity contribution >= 4 is 0 Å². The highest BCUT2D eigenvalue weighted by molar-refractivity contribution is 4.87. The van der Waals surface area contributed by atoms with Crippen LogP contribution in [0.25, 0.3) is 0 Å². The molecule has 0 bridgehead atoms. The van der Waals surface area contributed by atoms with E-state index in [4.69, 9.17) is 6.42 Å². The van der Waals surface area contributed by atoms with Gasteiger partial charge < -0.3 is 5.32 Å². The number of rotatable bonds is 4. The van der Waals surface area contributed by atoms with Gasteiger partial charge in [0.2, 0.25) is 0 Å². The zero-order valence-electron chi connectivity index (χ0n) is 6.28. The van der Waals surface area contributed by atoms with Crippen LogP contribution in [0.2, 0.25) is 0 Å². The number of hydrogen-bond acceptors (Lipinski definition) is 1. The van der Waals surface area contributed by atoms with Crippen LogP contribution in [0.1, 0.15) is 26.7 Å². The number of terminal acetylenes is 1. The van der Waals surface area contributed by atoms with Gasteiger partial charge in [-0.2, -0.15) is 0 Å². The summed E-state index contributed by atoms with van der Waals surface area (Å²) in [6.45, 7) is 5.33. The Kier molecular flexibility index (Phi) is 5.35. The Bertz CT molecular complexity index is 91.2. The van der Waals surface area contributed by atoms with Crippen LogP contribution in [-0.4, -0.2) is 12.6 Å². The molecule has 0 aromatic rings. The van der Waals surface area contributed by atoms with Crippen molar-refractivity contribution in [3.05, 3.63) is 0 Å². The number of hydrogen-bond donors (Lipinski definition) is 1. The molecular weight excluding hydrogens is 110 g/mol. The molecule has 1 heteroatoms. The third kappa shape index (κ3) is 5.39. The second-order valence-corrected chi connectivity index (χ2v) is 2.26. The predicted octanol–water partition coefficient (Wildman–Crippen LogP) is 1.40. The molecule has 0 saturated heterocycles. The van der Waals surface area contributed by atoms with Gasteiger partial charge >= 0.3 is 0 Å². The average Bonchev–Trinajstić information content (AvgIpc) is 1.85. The zero-order chi connectivity index (χ0) is 7.11. The van der Waals surface area contributed by atoms with Crippen molar-refractivity contribution in [2.45, 2.75) is 32.7 Å². The van der Waals surface area contributed by atoms with Crippen molar-refractivity contribution in [3.8, 4) is 12.3 Å². The summed E-state index contributed by atoms with van der Waals surface area (Å²) in [5.74, 6) is 2.61. The van der Waals surface area contributed by atoms with E-state index in [0.29, 0.717) is 6.04 Å². The zero-order valence-corrected chi connectivity index (χ0v) is 6.28. The van der Waals surface area contributed by atoms with Gasteiger partial charge in [0.1, 0.15) is 0 Å². The van der Waals surface area contributed by atoms with Gasteiger partial charge in [0.25, 0.3) is 0 Å². The monoisotopic (exact) mass is 125 g/mol. The lowest BCUT2D eigenvalue weighted by molar-refractivity contribution is 0.557. The largest absolute Gasteiger partial charge is 0.313 e. The standard InChI is InChI=1S/C8H15N/c1-4-6-8(3)9-7-5-2/h1,8-9H,5-7H2,2-3H3. The fourth-order valence-corrected chi connectivity index (χ4v) is 0.640. The normalized spacial score (nSPS) is 12.6. The molecule has 0 amide bonds. The molecule has 52 valence electrons. The van der Waals surface area contributed by atoms with E-state index in [-0.39, 0.29) is 0 Å². The lowest BCUT2D eigenvalue weighted by Gasteiger charge is -2.07. The highest BCUT2D eigenvalue weighted by Gasteiger charge is 1.94. The van der Waals surface area contributed by atoms with Crippen LogP contribution in [0.5, 0.6) is 0 Å². The van der Waals surface area contributed by atoms with Gasteiger partial charge in [-0.3, -0.25) is 0 Å². The fraction of sp³-hybridized carbons (Fsp3) is 0.750. The first-order valence-electron chi connectivity index (χ1n) is 3.48. The summed E-state index contributed by atoms with van der Waals surface area (Å²) in [6.07, 6.45) is 7.12. The van der Waals surface area contributed by atoms with E-state index in [1.165, 1.54) is 6.42 Å². The van der Waals surface area contributed by atoms with Crippen molar-refractivity contribution in [2.24, 2.45) is 0 Å². The summed E-state index contributed by atoms with van der Waals surface area (Å²) < 4.78 is 0. The van der Waals surface area contributed by atoms with Gasteiger partial charge in [-0.25, -0.2) is 0 Å². The Hall–Kier alpha value is -0.480. The van der Waals surface area contributed by atoms with Crippen molar-refractivity contribution < 1.29 is 0 Å². The molecule has 0 aliphatic carbocycles. The van der Waals surface area contributed by atoms with E-state index >= 15 is 0 Å². The van der Waals surface area contributed by atoms with Crippen LogP contribution in [0, 0.1) is 12.3 Å². The second-order valence-electron chi connectivity index (χ2n) is 2.26. The van der Waals surface area contributed by atoms with Crippen LogP contribution in [0.3, 0.4) is 0 Å². The Balaban J connectivity index is 3.08. The Morgan fingerprint density at radius 3 is 2.78 bits per heavy atom. The fourth-order valence-electron chi connectivity index (χ4n) is 0.640. The highest BCUT2D eigenvalue weighted by Crippen LogP contribution is 1.86. The maximum atomic E-state index is 5.11. The molecule has 0 aromatic carbocycles. The Labute approximate surface area is 57.8 Å². The van der Waals surface area contributed by atoms with Gasteiger partial charge in [-0.15, -0.1) is 12.3 Å². The molecule has 0 spiro atoms. The summed E-state index contributed by atoms with van der Waals surface area (Å²) in [6, 6.07) is 0.481. The summed E-state index contributed by atoms with van der Waals surface area (Å²) in [7, 11) is 0. The first-order chi connectivity index (χ1) is 4.31. The molecule has 0 aliphatic rings. The first-order valence-corrected chi connectivity index (χ1v) is 3.48. The maximum Gasteiger partial charge on any atom is 0.0238 e. The Morgan fingerprint density at radius 2 is 2.33 bits per heavy atom. The third-order valence-corrected chi connectivity index (χ3v) is 1.17. The Morgan fingerprint density at radius 1 is 1.67 bits per heavy atom. The quantitative estimate of drug-likeness (QED) is 0.560. The van der Waals surface area contributed by atoms with E-state index in [1.807, 2.05) is 0 Å². The molecule has 0 saturated carbocycles. The first kappa shape index (κ1) is 8.52. The maximum absolute atomic E-state index is 5.11. The molecule has 0 rings (SSSR count). The minimum absolute atomic E-state index is 0.481. The molecule has 1 atom stereocenters. The smallest absolute Gasteiger partial charge is 0.0238 e. The summed E-state index contributed by atoms with van der Waals surface area (Å²) >= 11 is 0. The van der Waals surface area contributed by atoms with E-state index < -0.39 is 0 Å².